The number of allylic oxidation sites excluding steroid dienone is 1. The van der Waals surface area contributed by atoms with Gasteiger partial charge in [-0.05, 0) is 59.9 Å². The van der Waals surface area contributed by atoms with Crippen LogP contribution in [0.5, 0.6) is 0 Å². The summed E-state index contributed by atoms with van der Waals surface area (Å²) in [6.07, 6.45) is 1.58. The number of rotatable bonds is 11. The van der Waals surface area contributed by atoms with Gasteiger partial charge in [0.05, 0.1) is 19.3 Å². The van der Waals surface area contributed by atoms with Crippen molar-refractivity contribution in [1.82, 2.24) is 4.90 Å². The summed E-state index contributed by atoms with van der Waals surface area (Å²) in [5.74, 6) is 9.19. The first-order valence-corrected chi connectivity index (χ1v) is 24.8. The molecule has 1 saturated heterocycles. The molecular weight excluding hydrogens is 689 g/mol. The zero-order valence-electron chi connectivity index (χ0n) is 33.9. The van der Waals surface area contributed by atoms with Gasteiger partial charge in [0.15, 0.2) is 35.3 Å². The van der Waals surface area contributed by atoms with Crippen molar-refractivity contribution in [3.05, 3.63) is 131 Å². The Morgan fingerprint density at radius 3 is 1.75 bits per heavy atom. The average molecular weight is 748 g/mol. The molecular formula is C45H59N2O4Si2+. The van der Waals surface area contributed by atoms with Crippen molar-refractivity contribution in [2.24, 2.45) is 0 Å². The molecule has 8 heteroatoms. The first kappa shape index (κ1) is 39.0. The topological polar surface area (TPSA) is 47.7 Å². The molecule has 0 amide bonds. The maximum Gasteiger partial charge on any atom is 0.367 e. The van der Waals surface area contributed by atoms with E-state index in [-0.39, 0.29) is 22.2 Å². The van der Waals surface area contributed by atoms with Gasteiger partial charge in [0.2, 0.25) is 12.0 Å². The molecule has 0 aliphatic carbocycles. The van der Waals surface area contributed by atoms with E-state index in [9.17, 15) is 0 Å². The molecule has 1 aromatic heterocycles. The minimum Gasteiger partial charge on any atom is -0.497 e. The molecule has 0 saturated carbocycles. The van der Waals surface area contributed by atoms with E-state index in [1.807, 2.05) is 0 Å². The van der Waals surface area contributed by atoms with Crippen LogP contribution in [0.4, 0.5) is 0 Å². The third-order valence-electron chi connectivity index (χ3n) is 12.3. The SMILES string of the molecule is CO/C(=C(\C)c1c[n+]2c(o1)[C@@H]1[C@H](C2)N1C(c1ccccc1)(c1ccccc1)c1ccccc1)C(C#CCO[Si](C)(C)C(C)(C)C)O[Si](C)(C)C(C)(C)C. The number of aromatic nitrogens is 1. The highest BCUT2D eigenvalue weighted by Crippen LogP contribution is 2.59. The lowest BCUT2D eigenvalue weighted by molar-refractivity contribution is -0.700. The van der Waals surface area contributed by atoms with Gasteiger partial charge in [0, 0.05) is 5.57 Å². The highest BCUT2D eigenvalue weighted by atomic mass is 28.4. The predicted octanol–water partition coefficient (Wildman–Crippen LogP) is 10.1. The molecule has 6 rings (SSSR count). The van der Waals surface area contributed by atoms with Crippen LogP contribution in [0.15, 0.2) is 107 Å². The fraction of sp³-hybridized carbons (Fsp3) is 0.444. The summed E-state index contributed by atoms with van der Waals surface area (Å²) in [6, 6.07) is 33.1. The molecule has 2 aliphatic heterocycles. The number of hydrogen-bond donors (Lipinski definition) is 0. The van der Waals surface area contributed by atoms with Gasteiger partial charge in [0.25, 0.3) is 0 Å². The van der Waals surface area contributed by atoms with E-state index in [0.717, 1.165) is 23.8 Å². The Bertz CT molecular complexity index is 1880. The van der Waals surface area contributed by atoms with Crippen LogP contribution in [-0.2, 0) is 25.7 Å². The highest BCUT2D eigenvalue weighted by Gasteiger charge is 2.70. The number of nitrogens with zero attached hydrogens (tertiary/aromatic N) is 2. The van der Waals surface area contributed by atoms with Gasteiger partial charge in [-0.15, -0.1) is 0 Å². The fourth-order valence-corrected chi connectivity index (χ4v) is 9.08. The summed E-state index contributed by atoms with van der Waals surface area (Å²) in [7, 11) is -2.48. The Morgan fingerprint density at radius 1 is 0.811 bits per heavy atom. The minimum absolute atomic E-state index is 0.00770. The Kier molecular flexibility index (Phi) is 10.7. The second kappa shape index (κ2) is 14.5. The molecule has 2 aliphatic rings. The third-order valence-corrected chi connectivity index (χ3v) is 21.2. The zero-order chi connectivity index (χ0) is 38.4. The smallest absolute Gasteiger partial charge is 0.367 e. The second-order valence-electron chi connectivity index (χ2n) is 17.6. The Morgan fingerprint density at radius 2 is 1.30 bits per heavy atom. The van der Waals surface area contributed by atoms with Gasteiger partial charge in [-0.1, -0.05) is 144 Å². The lowest BCUT2D eigenvalue weighted by atomic mass is 9.76. The van der Waals surface area contributed by atoms with Crippen LogP contribution in [0.2, 0.25) is 36.3 Å². The van der Waals surface area contributed by atoms with Gasteiger partial charge in [-0.25, -0.2) is 0 Å². The molecule has 0 bridgehead atoms. The molecule has 1 fully saturated rings. The first-order chi connectivity index (χ1) is 24.9. The van der Waals surface area contributed by atoms with Crippen LogP contribution >= 0.6 is 0 Å². The van der Waals surface area contributed by atoms with Crippen LogP contribution in [0.25, 0.3) is 5.57 Å². The van der Waals surface area contributed by atoms with Crippen LogP contribution < -0.4 is 4.57 Å². The lowest BCUT2D eigenvalue weighted by Crippen LogP contribution is -2.45. The molecule has 4 atom stereocenters. The third kappa shape index (κ3) is 7.27. The van der Waals surface area contributed by atoms with Gasteiger partial charge in [-0.2, -0.15) is 4.57 Å². The summed E-state index contributed by atoms with van der Waals surface area (Å²) in [4.78, 5) is 2.64. The van der Waals surface area contributed by atoms with E-state index in [1.54, 1.807) is 7.11 Å². The number of hydrogen-bond acceptors (Lipinski definition) is 5. The molecule has 280 valence electrons. The Labute approximate surface area is 320 Å². The Balaban J connectivity index is 1.38. The van der Waals surface area contributed by atoms with Gasteiger partial charge < -0.3 is 18.0 Å². The van der Waals surface area contributed by atoms with E-state index in [0.29, 0.717) is 12.4 Å². The monoisotopic (exact) mass is 747 g/mol. The standard InChI is InChI=1S/C45H59N2O4Si2/c1-33(41(48-8)38(51-53(11,12)44(5,6)7)29-22-30-49-52(9,10)43(2,3)4)39-32-46-31-37-40(42(46)50-39)47(37)45(34-23-16-13-17-24-34,35-25-18-14-19-26-35)36-27-20-15-21-28-36/h13-21,23-28,32,37-38,40H,30-31H2,1-12H3/q+1/b41-33+/t37-,38?,40-,47?/m0/s1. The number of methoxy groups -OCH3 is 1. The molecule has 6 nitrogen and oxygen atoms in total. The van der Waals surface area contributed by atoms with Crippen molar-refractivity contribution in [3.63, 3.8) is 0 Å². The van der Waals surface area contributed by atoms with Crippen LogP contribution in [0.3, 0.4) is 0 Å². The van der Waals surface area contributed by atoms with E-state index >= 15 is 0 Å². The maximum absolute atomic E-state index is 6.99. The zero-order valence-corrected chi connectivity index (χ0v) is 35.9. The van der Waals surface area contributed by atoms with Gasteiger partial charge in [0.1, 0.15) is 11.8 Å². The number of fused-ring (bicyclic) bond motifs is 3. The second-order valence-corrected chi connectivity index (χ2v) is 27.2. The molecule has 4 aromatic rings. The summed E-state index contributed by atoms with van der Waals surface area (Å²) >= 11 is 0. The average Bonchev–Trinajstić information content (AvgIpc) is 3.45. The fourth-order valence-electron chi connectivity index (χ4n) is 7.11. The van der Waals surface area contributed by atoms with Gasteiger partial charge in [-0.3, -0.25) is 4.90 Å². The van der Waals surface area contributed by atoms with Crippen LogP contribution in [-0.4, -0.2) is 47.4 Å². The molecule has 0 radical (unpaired) electrons. The highest BCUT2D eigenvalue weighted by molar-refractivity contribution is 6.74. The largest absolute Gasteiger partial charge is 0.497 e. The maximum atomic E-state index is 6.99. The van der Waals surface area contributed by atoms with Crippen molar-refractivity contribution in [1.29, 1.82) is 0 Å². The molecule has 3 heterocycles. The van der Waals surface area contributed by atoms with Crippen molar-refractivity contribution in [3.8, 4) is 11.8 Å². The Hall–Kier alpha value is -3.72. The van der Waals surface area contributed by atoms with Crippen LogP contribution in [0, 0.1) is 11.8 Å². The van der Waals surface area contributed by atoms with E-state index in [1.165, 1.54) is 16.7 Å². The van der Waals surface area contributed by atoms with Crippen LogP contribution in [0.1, 0.15) is 82.8 Å². The molecule has 3 aromatic carbocycles. The molecule has 2 unspecified atom stereocenters. The van der Waals surface area contributed by atoms with E-state index in [2.05, 4.69) is 193 Å². The van der Waals surface area contributed by atoms with E-state index < -0.39 is 28.3 Å². The summed E-state index contributed by atoms with van der Waals surface area (Å²) in [5.41, 5.74) is 4.12. The van der Waals surface area contributed by atoms with E-state index in [4.69, 9.17) is 18.0 Å². The first-order valence-electron chi connectivity index (χ1n) is 19.0. The van der Waals surface area contributed by atoms with Crippen molar-refractivity contribution < 1.29 is 22.6 Å². The normalized spacial score (nSPS) is 19.7. The molecule has 0 spiro atoms. The summed E-state index contributed by atoms with van der Waals surface area (Å²) < 4.78 is 28.8. The molecule has 53 heavy (non-hydrogen) atoms. The molecule has 0 N–H and O–H groups in total. The number of oxazole rings is 1. The number of benzene rings is 3. The summed E-state index contributed by atoms with van der Waals surface area (Å²) in [5, 5.41) is 0.0998. The number of ether oxygens (including phenoxy) is 1. The minimum atomic E-state index is -2.24. The summed E-state index contributed by atoms with van der Waals surface area (Å²) in [6.45, 7) is 25.8. The van der Waals surface area contributed by atoms with Crippen molar-refractivity contribution in [2.75, 3.05) is 13.7 Å². The lowest BCUT2D eigenvalue weighted by Gasteiger charge is -2.38. The quantitative estimate of drug-likeness (QED) is 0.0382. The van der Waals surface area contributed by atoms with Gasteiger partial charge >= 0.3 is 5.89 Å². The van der Waals surface area contributed by atoms with Crippen molar-refractivity contribution >= 4 is 22.2 Å². The van der Waals surface area contributed by atoms with Crippen molar-refractivity contribution in [2.45, 2.75) is 115 Å². The predicted molar refractivity (Wildman–Crippen MR) is 219 cm³/mol.